The minimum Gasteiger partial charge on any atom is -0.465 e. The largest absolute Gasteiger partial charge is 0.465 e. The minimum atomic E-state index is -0.412. The average Bonchev–Trinajstić information content (AvgIpc) is 3.54. The lowest BCUT2D eigenvalue weighted by molar-refractivity contribution is -0.116. The van der Waals surface area contributed by atoms with E-state index in [9.17, 15) is 9.59 Å². The number of carbonyl (C=O) groups is 2. The molecule has 0 bridgehead atoms. The van der Waals surface area contributed by atoms with Gasteiger partial charge in [-0.3, -0.25) is 9.78 Å². The SMILES string of the molecule is COC(=O)c1cccc(-n2cccc2C2C(c3ccccn3)NC(=S)N2CC(=O)Nc2ccccc2)c1. The van der Waals surface area contributed by atoms with Gasteiger partial charge in [0.25, 0.3) is 0 Å². The fourth-order valence-corrected chi connectivity index (χ4v) is 4.85. The van der Waals surface area contributed by atoms with Crippen molar-refractivity contribution >= 4 is 34.9 Å². The third-order valence-electron chi connectivity index (χ3n) is 6.20. The van der Waals surface area contributed by atoms with Crippen molar-refractivity contribution in [3.05, 3.63) is 114 Å². The Kier molecular flexibility index (Phi) is 6.96. The Morgan fingerprint density at radius 2 is 1.84 bits per heavy atom. The minimum absolute atomic E-state index is 0.0438. The van der Waals surface area contributed by atoms with Crippen LogP contribution in [0.5, 0.6) is 0 Å². The quantitative estimate of drug-likeness (QED) is 0.283. The van der Waals surface area contributed by atoms with Crippen molar-refractivity contribution in [2.75, 3.05) is 19.0 Å². The molecule has 4 aromatic rings. The molecule has 0 aliphatic carbocycles. The smallest absolute Gasteiger partial charge is 0.337 e. The van der Waals surface area contributed by atoms with Crippen LogP contribution in [0, 0.1) is 0 Å². The van der Waals surface area contributed by atoms with Gasteiger partial charge in [0.15, 0.2) is 5.11 Å². The first kappa shape index (κ1) is 24.2. The number of aromatic nitrogens is 2. The van der Waals surface area contributed by atoms with Gasteiger partial charge in [0.2, 0.25) is 5.91 Å². The van der Waals surface area contributed by atoms with Gasteiger partial charge >= 0.3 is 5.97 Å². The van der Waals surface area contributed by atoms with Crippen LogP contribution in [0.3, 0.4) is 0 Å². The molecule has 1 aliphatic heterocycles. The Morgan fingerprint density at radius 1 is 1.03 bits per heavy atom. The molecule has 2 aromatic carbocycles. The Labute approximate surface area is 219 Å². The zero-order chi connectivity index (χ0) is 25.8. The number of pyridine rings is 1. The van der Waals surface area contributed by atoms with Crippen LogP contribution in [0.25, 0.3) is 5.69 Å². The summed E-state index contributed by atoms with van der Waals surface area (Å²) in [7, 11) is 1.36. The number of nitrogens with one attached hydrogen (secondary N) is 2. The summed E-state index contributed by atoms with van der Waals surface area (Å²) in [6.45, 7) is 0.0438. The second kappa shape index (κ2) is 10.6. The number of carbonyl (C=O) groups excluding carboxylic acids is 2. The summed E-state index contributed by atoms with van der Waals surface area (Å²) in [5.41, 5.74) is 3.63. The van der Waals surface area contributed by atoms with E-state index in [-0.39, 0.29) is 24.5 Å². The standard InChI is InChI=1S/C28H25N5O3S/c1-36-27(35)19-9-7-12-21(17-19)32-16-8-14-23(32)26-25(22-13-5-6-15-29-22)31-28(37)33(26)18-24(34)30-20-10-3-2-4-11-20/h2-17,25-26H,18H2,1H3,(H,30,34)(H,31,37). The molecule has 9 heteroatoms. The summed E-state index contributed by atoms with van der Waals surface area (Å²) in [5, 5.41) is 6.77. The number of ether oxygens (including phenoxy) is 1. The van der Waals surface area contributed by atoms with Crippen molar-refractivity contribution in [1.82, 2.24) is 19.8 Å². The van der Waals surface area contributed by atoms with E-state index in [1.165, 1.54) is 7.11 Å². The van der Waals surface area contributed by atoms with Gasteiger partial charge < -0.3 is 24.8 Å². The Balaban J connectivity index is 1.52. The molecule has 3 heterocycles. The molecule has 1 saturated heterocycles. The Bertz CT molecular complexity index is 1420. The van der Waals surface area contributed by atoms with E-state index in [4.69, 9.17) is 17.0 Å². The van der Waals surface area contributed by atoms with Crippen LogP contribution in [0.2, 0.25) is 0 Å². The molecular weight excluding hydrogens is 486 g/mol. The molecular formula is C28H25N5O3S. The van der Waals surface area contributed by atoms with Crippen LogP contribution in [-0.2, 0) is 9.53 Å². The van der Waals surface area contributed by atoms with E-state index in [0.29, 0.717) is 16.4 Å². The van der Waals surface area contributed by atoms with Gasteiger partial charge in [-0.25, -0.2) is 4.79 Å². The lowest BCUT2D eigenvalue weighted by Gasteiger charge is -2.28. The molecule has 0 spiro atoms. The number of anilines is 1. The second-order valence-corrected chi connectivity index (χ2v) is 8.90. The van der Waals surface area contributed by atoms with Gasteiger partial charge in [-0.05, 0) is 66.8 Å². The van der Waals surface area contributed by atoms with Gasteiger partial charge in [-0.1, -0.05) is 30.3 Å². The molecule has 0 radical (unpaired) electrons. The number of amides is 1. The third-order valence-corrected chi connectivity index (χ3v) is 6.55. The molecule has 186 valence electrons. The number of esters is 1. The van der Waals surface area contributed by atoms with Gasteiger partial charge in [-0.15, -0.1) is 0 Å². The van der Waals surface area contributed by atoms with Crippen LogP contribution in [0.15, 0.2) is 97.3 Å². The molecule has 2 unspecified atom stereocenters. The maximum absolute atomic E-state index is 13.1. The lowest BCUT2D eigenvalue weighted by atomic mass is 10.0. The maximum atomic E-state index is 13.1. The van der Waals surface area contributed by atoms with Crippen molar-refractivity contribution < 1.29 is 14.3 Å². The summed E-state index contributed by atoms with van der Waals surface area (Å²) in [6.07, 6.45) is 3.66. The highest BCUT2D eigenvalue weighted by atomic mass is 32.1. The number of rotatable bonds is 7. The van der Waals surface area contributed by atoms with Crippen molar-refractivity contribution in [2.45, 2.75) is 12.1 Å². The fourth-order valence-electron chi connectivity index (χ4n) is 4.54. The lowest BCUT2D eigenvalue weighted by Crippen LogP contribution is -2.37. The first-order valence-corrected chi connectivity index (χ1v) is 12.1. The van der Waals surface area contributed by atoms with Gasteiger partial charge in [-0.2, -0.15) is 0 Å². The molecule has 2 aromatic heterocycles. The summed E-state index contributed by atoms with van der Waals surface area (Å²) < 4.78 is 6.89. The molecule has 37 heavy (non-hydrogen) atoms. The fraction of sp³-hybridized carbons (Fsp3) is 0.143. The summed E-state index contributed by atoms with van der Waals surface area (Å²) in [6, 6.07) is 25.5. The van der Waals surface area contributed by atoms with Crippen LogP contribution in [0.1, 0.15) is 33.8 Å². The van der Waals surface area contributed by atoms with Crippen LogP contribution < -0.4 is 10.6 Å². The molecule has 2 atom stereocenters. The predicted molar refractivity (Wildman–Crippen MR) is 144 cm³/mol. The summed E-state index contributed by atoms with van der Waals surface area (Å²) >= 11 is 5.72. The van der Waals surface area contributed by atoms with Gasteiger partial charge in [0, 0.05) is 29.5 Å². The molecule has 8 nitrogen and oxygen atoms in total. The predicted octanol–water partition coefficient (Wildman–Crippen LogP) is 4.27. The highest BCUT2D eigenvalue weighted by Gasteiger charge is 2.42. The number of thiocarbonyl (C=S) groups is 1. The van der Waals surface area contributed by atoms with Crippen LogP contribution in [-0.4, -0.2) is 45.1 Å². The van der Waals surface area contributed by atoms with E-state index in [0.717, 1.165) is 17.1 Å². The molecule has 1 fully saturated rings. The normalized spacial score (nSPS) is 16.8. The number of methoxy groups -OCH3 is 1. The zero-order valence-corrected chi connectivity index (χ0v) is 20.9. The Hall–Kier alpha value is -4.50. The first-order valence-electron chi connectivity index (χ1n) is 11.7. The Morgan fingerprint density at radius 3 is 2.59 bits per heavy atom. The monoisotopic (exact) mass is 511 g/mol. The summed E-state index contributed by atoms with van der Waals surface area (Å²) in [4.78, 5) is 31.7. The average molecular weight is 512 g/mol. The second-order valence-electron chi connectivity index (χ2n) is 8.51. The highest BCUT2D eigenvalue weighted by Crippen LogP contribution is 2.39. The first-order chi connectivity index (χ1) is 18.0. The third kappa shape index (κ3) is 5.07. The molecule has 1 aliphatic rings. The van der Waals surface area contributed by atoms with E-state index in [1.54, 1.807) is 18.3 Å². The topological polar surface area (TPSA) is 88.5 Å². The number of hydrogen-bond donors (Lipinski definition) is 2. The van der Waals surface area contributed by atoms with E-state index >= 15 is 0 Å². The maximum Gasteiger partial charge on any atom is 0.337 e. The van der Waals surface area contributed by atoms with Crippen molar-refractivity contribution in [1.29, 1.82) is 0 Å². The van der Waals surface area contributed by atoms with Crippen LogP contribution in [0.4, 0.5) is 5.69 Å². The highest BCUT2D eigenvalue weighted by molar-refractivity contribution is 7.80. The van der Waals surface area contributed by atoms with Gasteiger partial charge in [0.1, 0.15) is 6.54 Å². The number of benzene rings is 2. The number of para-hydroxylation sites is 1. The number of hydrogen-bond acceptors (Lipinski definition) is 5. The van der Waals surface area contributed by atoms with E-state index in [1.807, 2.05) is 88.5 Å². The van der Waals surface area contributed by atoms with Crippen LogP contribution >= 0.6 is 12.2 Å². The molecule has 0 saturated carbocycles. The van der Waals surface area contributed by atoms with Crippen molar-refractivity contribution in [2.24, 2.45) is 0 Å². The van der Waals surface area contributed by atoms with Crippen molar-refractivity contribution in [3.63, 3.8) is 0 Å². The summed E-state index contributed by atoms with van der Waals surface area (Å²) in [5.74, 6) is -0.599. The molecule has 5 rings (SSSR count). The number of nitrogens with zero attached hydrogens (tertiary/aromatic N) is 3. The zero-order valence-electron chi connectivity index (χ0n) is 20.1. The van der Waals surface area contributed by atoms with E-state index < -0.39 is 5.97 Å². The van der Waals surface area contributed by atoms with Gasteiger partial charge in [0.05, 0.1) is 30.5 Å². The molecule has 2 N–H and O–H groups in total. The molecule has 1 amide bonds. The van der Waals surface area contributed by atoms with Crippen molar-refractivity contribution in [3.8, 4) is 5.69 Å². The van der Waals surface area contributed by atoms with E-state index in [2.05, 4.69) is 15.6 Å².